The lowest BCUT2D eigenvalue weighted by molar-refractivity contribution is -0.0888. The van der Waals surface area contributed by atoms with E-state index in [0.717, 1.165) is 0 Å². The molecule has 0 saturated carbocycles. The number of halogens is 3. The topological polar surface area (TPSA) is 0 Å². The Kier molecular flexibility index (Phi) is 5.86. The summed E-state index contributed by atoms with van der Waals surface area (Å²) in [5, 5.41) is 0. The van der Waals surface area contributed by atoms with Crippen molar-refractivity contribution in [1.82, 2.24) is 0 Å². The van der Waals surface area contributed by atoms with Crippen LogP contribution < -0.4 is 0 Å². The zero-order valence-corrected chi connectivity index (χ0v) is 7.05. The van der Waals surface area contributed by atoms with E-state index >= 15 is 0 Å². The highest BCUT2D eigenvalue weighted by atomic mass is 19.4. The van der Waals surface area contributed by atoms with Crippen molar-refractivity contribution in [3.63, 3.8) is 0 Å². The Bertz CT molecular complexity index is 142. The molecule has 0 radical (unpaired) electrons. The molecule has 0 aliphatic heterocycles. The minimum absolute atomic E-state index is 0.0394. The Morgan fingerprint density at radius 3 is 1.36 bits per heavy atom. The van der Waals surface area contributed by atoms with Gasteiger partial charge in [-0.2, -0.15) is 13.2 Å². The molecule has 11 heavy (non-hydrogen) atoms. The van der Waals surface area contributed by atoms with Crippen molar-refractivity contribution in [3.8, 4) is 0 Å². The van der Waals surface area contributed by atoms with Crippen LogP contribution in [0.3, 0.4) is 0 Å². The molecule has 0 unspecified atom stereocenters. The molecule has 0 N–H and O–H groups in total. The molecule has 0 fully saturated rings. The average molecular weight is 166 g/mol. The summed E-state index contributed by atoms with van der Waals surface area (Å²) < 4.78 is 34.6. The third-order valence-electron chi connectivity index (χ3n) is 0.857. The minimum Gasteiger partial charge on any atom is -0.166 e. The summed E-state index contributed by atoms with van der Waals surface area (Å²) in [6, 6.07) is 0. The van der Waals surface area contributed by atoms with Gasteiger partial charge in [-0.05, 0) is 12.5 Å². The predicted octanol–water partition coefficient (Wildman–Crippen LogP) is 3.71. The summed E-state index contributed by atoms with van der Waals surface area (Å²) in [4.78, 5) is 0. The van der Waals surface area contributed by atoms with Gasteiger partial charge in [0.1, 0.15) is 0 Å². The fourth-order valence-corrected chi connectivity index (χ4v) is 0.242. The molecule has 66 valence electrons. The van der Waals surface area contributed by atoms with Gasteiger partial charge in [0, 0.05) is 0 Å². The number of allylic oxidation sites excluding steroid dienone is 2. The summed E-state index contributed by atoms with van der Waals surface area (Å²) in [6.07, 6.45) is -4.31. The number of alkyl halides is 3. The highest BCUT2D eigenvalue weighted by Gasteiger charge is 2.31. The van der Waals surface area contributed by atoms with Crippen molar-refractivity contribution < 1.29 is 13.2 Å². The summed E-state index contributed by atoms with van der Waals surface area (Å²) in [6.45, 7) is 11.2. The van der Waals surface area contributed by atoms with Crippen LogP contribution in [-0.4, -0.2) is 6.18 Å². The van der Waals surface area contributed by atoms with Gasteiger partial charge in [-0.3, -0.25) is 0 Å². The van der Waals surface area contributed by atoms with E-state index in [-0.39, 0.29) is 5.57 Å². The second-order valence-corrected chi connectivity index (χ2v) is 1.76. The van der Waals surface area contributed by atoms with Crippen LogP contribution in [0.4, 0.5) is 13.2 Å². The first-order chi connectivity index (χ1) is 4.85. The largest absolute Gasteiger partial charge is 0.416 e. The maximum Gasteiger partial charge on any atom is 0.416 e. The van der Waals surface area contributed by atoms with Crippen LogP contribution in [0.2, 0.25) is 0 Å². The van der Waals surface area contributed by atoms with Gasteiger partial charge in [0.15, 0.2) is 0 Å². The quantitative estimate of drug-likeness (QED) is 0.521. The van der Waals surface area contributed by atoms with Gasteiger partial charge < -0.3 is 0 Å². The number of hydrogen-bond acceptors (Lipinski definition) is 0. The van der Waals surface area contributed by atoms with E-state index in [9.17, 15) is 13.2 Å². The highest BCUT2D eigenvalue weighted by molar-refractivity contribution is 5.26. The molecule has 0 amide bonds. The average Bonchev–Trinajstić information content (AvgIpc) is 1.89. The molecule has 0 bridgehead atoms. The van der Waals surface area contributed by atoms with Crippen molar-refractivity contribution in [2.75, 3.05) is 0 Å². The van der Waals surface area contributed by atoms with Gasteiger partial charge in [0.2, 0.25) is 0 Å². The maximum absolute atomic E-state index is 11.5. The fourth-order valence-electron chi connectivity index (χ4n) is 0.242. The van der Waals surface area contributed by atoms with Gasteiger partial charge in [-0.15, -0.1) is 0 Å². The summed E-state index contributed by atoms with van der Waals surface area (Å²) >= 11 is 0. The van der Waals surface area contributed by atoms with E-state index in [2.05, 4.69) is 13.2 Å². The number of rotatable bonds is 1. The van der Waals surface area contributed by atoms with Crippen molar-refractivity contribution in [1.29, 1.82) is 0 Å². The van der Waals surface area contributed by atoms with Crippen molar-refractivity contribution >= 4 is 0 Å². The van der Waals surface area contributed by atoms with E-state index in [1.54, 1.807) is 0 Å². The molecule has 0 saturated heterocycles. The SMILES string of the molecule is C=C(C)C(=C)C(F)(F)F.CC. The van der Waals surface area contributed by atoms with Gasteiger partial charge in [-0.1, -0.05) is 27.0 Å². The van der Waals surface area contributed by atoms with Crippen LogP contribution in [-0.2, 0) is 0 Å². The molecule has 0 nitrogen and oxygen atoms in total. The molecular weight excluding hydrogens is 153 g/mol. The molecule has 0 aromatic carbocycles. The van der Waals surface area contributed by atoms with Crippen LogP contribution in [0.15, 0.2) is 24.3 Å². The normalized spacial score (nSPS) is 9.64. The van der Waals surface area contributed by atoms with E-state index in [1.807, 2.05) is 13.8 Å². The summed E-state index contributed by atoms with van der Waals surface area (Å²) in [5.74, 6) is 0. The Hall–Kier alpha value is -0.730. The van der Waals surface area contributed by atoms with Gasteiger partial charge in [-0.25, -0.2) is 0 Å². The third kappa shape index (κ3) is 5.70. The highest BCUT2D eigenvalue weighted by Crippen LogP contribution is 2.28. The summed E-state index contributed by atoms with van der Waals surface area (Å²) in [5.41, 5.74) is -0.898. The Morgan fingerprint density at radius 1 is 1.09 bits per heavy atom. The first kappa shape index (κ1) is 12.9. The predicted molar refractivity (Wildman–Crippen MR) is 41.4 cm³/mol. The Morgan fingerprint density at radius 2 is 1.36 bits per heavy atom. The van der Waals surface area contributed by atoms with Crippen LogP contribution in [0.25, 0.3) is 0 Å². The lowest BCUT2D eigenvalue weighted by atomic mass is 10.1. The molecule has 3 heteroatoms. The lowest BCUT2D eigenvalue weighted by Crippen LogP contribution is -2.10. The minimum atomic E-state index is -4.31. The lowest BCUT2D eigenvalue weighted by Gasteiger charge is -2.07. The van der Waals surface area contributed by atoms with E-state index in [1.165, 1.54) is 6.92 Å². The molecule has 0 spiro atoms. The number of hydrogen-bond donors (Lipinski definition) is 0. The molecule has 0 atom stereocenters. The standard InChI is InChI=1S/C6H7F3.C2H6/c1-4(2)5(3)6(7,8)9;1-2/h1,3H2,2H3;1-2H3. The molecule has 0 rings (SSSR count). The van der Waals surface area contributed by atoms with Crippen molar-refractivity contribution in [2.24, 2.45) is 0 Å². The Labute approximate surface area is 65.4 Å². The molecule has 0 aliphatic carbocycles. The first-order valence-electron chi connectivity index (χ1n) is 3.27. The van der Waals surface area contributed by atoms with Gasteiger partial charge in [0.25, 0.3) is 0 Å². The monoisotopic (exact) mass is 166 g/mol. The zero-order valence-electron chi connectivity index (χ0n) is 7.05. The van der Waals surface area contributed by atoms with Gasteiger partial charge in [0.05, 0.1) is 5.57 Å². The molecular formula is C8H13F3. The smallest absolute Gasteiger partial charge is 0.166 e. The molecule has 0 aromatic heterocycles. The Balaban J connectivity index is 0. The second-order valence-electron chi connectivity index (χ2n) is 1.76. The molecule has 0 aromatic rings. The van der Waals surface area contributed by atoms with E-state index in [4.69, 9.17) is 0 Å². The van der Waals surface area contributed by atoms with Crippen molar-refractivity contribution in [2.45, 2.75) is 26.9 Å². The van der Waals surface area contributed by atoms with Gasteiger partial charge >= 0.3 is 6.18 Å². The molecule has 0 heterocycles. The maximum atomic E-state index is 11.5. The third-order valence-corrected chi connectivity index (χ3v) is 0.857. The van der Waals surface area contributed by atoms with Crippen molar-refractivity contribution in [3.05, 3.63) is 24.3 Å². The zero-order chi connectivity index (χ0) is 9.65. The second kappa shape index (κ2) is 4.99. The van der Waals surface area contributed by atoms with E-state index in [0.29, 0.717) is 0 Å². The fraction of sp³-hybridized carbons (Fsp3) is 0.500. The van der Waals surface area contributed by atoms with Crippen LogP contribution in [0.1, 0.15) is 20.8 Å². The van der Waals surface area contributed by atoms with Crippen LogP contribution >= 0.6 is 0 Å². The van der Waals surface area contributed by atoms with Crippen LogP contribution in [0, 0.1) is 0 Å². The van der Waals surface area contributed by atoms with Crippen LogP contribution in [0.5, 0.6) is 0 Å². The first-order valence-corrected chi connectivity index (χ1v) is 3.27. The molecule has 0 aliphatic rings. The summed E-state index contributed by atoms with van der Waals surface area (Å²) in [7, 11) is 0. The van der Waals surface area contributed by atoms with E-state index < -0.39 is 11.7 Å².